The number of hydrogen-bond acceptors (Lipinski definition) is 3. The Morgan fingerprint density at radius 2 is 1.84 bits per heavy atom. The van der Waals surface area contributed by atoms with Gasteiger partial charge in [-0.05, 0) is 43.9 Å². The van der Waals surface area contributed by atoms with E-state index in [2.05, 4.69) is 5.32 Å². The van der Waals surface area contributed by atoms with Crippen molar-refractivity contribution in [2.45, 2.75) is 69.4 Å². The van der Waals surface area contributed by atoms with E-state index in [9.17, 15) is 0 Å². The summed E-state index contributed by atoms with van der Waals surface area (Å²) in [6.07, 6.45) is 12.6. The van der Waals surface area contributed by atoms with Crippen LogP contribution in [0.2, 0.25) is 0 Å². The molecule has 0 radical (unpaired) electrons. The smallest absolute Gasteiger partial charge is 0.106 e. The highest BCUT2D eigenvalue weighted by atomic mass is 16.5. The van der Waals surface area contributed by atoms with E-state index in [0.717, 1.165) is 31.6 Å². The van der Waals surface area contributed by atoms with Crippen LogP contribution < -0.4 is 5.32 Å². The zero-order valence-electron chi connectivity index (χ0n) is 12.4. The van der Waals surface area contributed by atoms with Gasteiger partial charge in [-0.2, -0.15) is 0 Å². The van der Waals surface area contributed by atoms with E-state index < -0.39 is 0 Å². The highest BCUT2D eigenvalue weighted by Gasteiger charge is 2.39. The van der Waals surface area contributed by atoms with Crippen molar-refractivity contribution in [1.82, 2.24) is 5.32 Å². The van der Waals surface area contributed by atoms with Crippen LogP contribution in [0.15, 0.2) is 0 Å². The Morgan fingerprint density at radius 1 is 1.11 bits per heavy atom. The van der Waals surface area contributed by atoms with Gasteiger partial charge in [0, 0.05) is 32.7 Å². The lowest BCUT2D eigenvalue weighted by Gasteiger charge is -2.39. The Hall–Kier alpha value is -0.120. The summed E-state index contributed by atoms with van der Waals surface area (Å²) in [5.74, 6) is 0. The van der Waals surface area contributed by atoms with Crippen molar-refractivity contribution in [3.05, 3.63) is 0 Å². The molecule has 1 saturated heterocycles. The molecule has 0 aromatic rings. The van der Waals surface area contributed by atoms with Crippen LogP contribution in [-0.4, -0.2) is 38.5 Å². The van der Waals surface area contributed by atoms with E-state index in [1.807, 2.05) is 7.11 Å². The van der Waals surface area contributed by atoms with Crippen LogP contribution >= 0.6 is 0 Å². The van der Waals surface area contributed by atoms with Crippen LogP contribution in [0.3, 0.4) is 0 Å². The number of methoxy groups -OCH3 is 1. The van der Waals surface area contributed by atoms with Gasteiger partial charge >= 0.3 is 0 Å². The molecule has 3 nitrogen and oxygen atoms in total. The second-order valence-electron chi connectivity index (χ2n) is 7.05. The molecule has 1 N–H and O–H groups in total. The quantitative estimate of drug-likeness (QED) is 0.849. The van der Waals surface area contributed by atoms with Crippen LogP contribution in [0.5, 0.6) is 0 Å². The maximum Gasteiger partial charge on any atom is 0.106 e. The van der Waals surface area contributed by atoms with E-state index in [0.29, 0.717) is 6.04 Å². The van der Waals surface area contributed by atoms with Crippen LogP contribution in [0.25, 0.3) is 0 Å². The first-order valence-corrected chi connectivity index (χ1v) is 8.12. The maximum absolute atomic E-state index is 5.70. The Morgan fingerprint density at radius 3 is 2.42 bits per heavy atom. The van der Waals surface area contributed by atoms with Gasteiger partial charge in [-0.25, -0.2) is 0 Å². The van der Waals surface area contributed by atoms with Crippen molar-refractivity contribution in [2.75, 3.05) is 26.9 Å². The molecule has 1 unspecified atom stereocenters. The minimum atomic E-state index is -0.0531. The summed E-state index contributed by atoms with van der Waals surface area (Å²) < 4.78 is 11.2. The summed E-state index contributed by atoms with van der Waals surface area (Å²) in [5.41, 5.74) is 0.691. The molecule has 0 aromatic heterocycles. The Balaban J connectivity index is 1.44. The summed E-state index contributed by atoms with van der Waals surface area (Å²) >= 11 is 0. The van der Waals surface area contributed by atoms with Crippen molar-refractivity contribution < 1.29 is 9.47 Å². The molecule has 2 saturated carbocycles. The summed E-state index contributed by atoms with van der Waals surface area (Å²) in [4.78, 5) is 0. The fourth-order valence-corrected chi connectivity index (χ4v) is 4.35. The highest BCUT2D eigenvalue weighted by molar-refractivity contribution is 4.93. The van der Waals surface area contributed by atoms with Gasteiger partial charge in [0.15, 0.2) is 0 Å². The van der Waals surface area contributed by atoms with Crippen molar-refractivity contribution in [3.8, 4) is 0 Å². The average Bonchev–Trinajstić information content (AvgIpc) is 3.09. The van der Waals surface area contributed by atoms with Crippen molar-refractivity contribution in [1.29, 1.82) is 0 Å². The van der Waals surface area contributed by atoms with Gasteiger partial charge < -0.3 is 14.8 Å². The minimum absolute atomic E-state index is 0.0531. The van der Waals surface area contributed by atoms with Crippen molar-refractivity contribution >= 4 is 0 Å². The molecule has 1 atom stereocenters. The predicted molar refractivity (Wildman–Crippen MR) is 76.3 cm³/mol. The molecule has 0 amide bonds. The van der Waals surface area contributed by atoms with Gasteiger partial charge in [-0.15, -0.1) is 0 Å². The molecule has 3 aliphatic rings. The van der Waals surface area contributed by atoms with Crippen LogP contribution in [0.1, 0.15) is 57.8 Å². The SMILES string of the molecule is COC1(CNC2CCC3(CCCC3)CC2)CCOC1. The molecule has 3 fully saturated rings. The second kappa shape index (κ2) is 5.71. The zero-order chi connectivity index (χ0) is 13.2. The number of nitrogens with one attached hydrogen (secondary N) is 1. The Labute approximate surface area is 117 Å². The lowest BCUT2D eigenvalue weighted by atomic mass is 9.71. The fourth-order valence-electron chi connectivity index (χ4n) is 4.35. The molecule has 3 rings (SSSR count). The van der Waals surface area contributed by atoms with Crippen molar-refractivity contribution in [2.24, 2.45) is 5.41 Å². The molecule has 19 heavy (non-hydrogen) atoms. The van der Waals surface area contributed by atoms with Crippen molar-refractivity contribution in [3.63, 3.8) is 0 Å². The third-order valence-electron chi connectivity index (χ3n) is 5.92. The lowest BCUT2D eigenvalue weighted by Crippen LogP contribution is -2.47. The summed E-state index contributed by atoms with van der Waals surface area (Å²) in [7, 11) is 1.82. The molecular formula is C16H29NO2. The third-order valence-corrected chi connectivity index (χ3v) is 5.92. The summed E-state index contributed by atoms with van der Waals surface area (Å²) in [6, 6.07) is 0.707. The standard InChI is InChI=1S/C16H29NO2/c1-18-16(10-11-19-13-16)12-17-14-4-8-15(9-5-14)6-2-3-7-15/h14,17H,2-13H2,1H3. The largest absolute Gasteiger partial charge is 0.378 e. The van der Waals surface area contributed by atoms with E-state index in [1.165, 1.54) is 51.4 Å². The first kappa shape index (κ1) is 13.8. The Kier molecular flexibility index (Phi) is 4.16. The average molecular weight is 267 g/mol. The van der Waals surface area contributed by atoms with Gasteiger partial charge in [-0.1, -0.05) is 12.8 Å². The number of hydrogen-bond donors (Lipinski definition) is 1. The van der Waals surface area contributed by atoms with Gasteiger partial charge in [-0.3, -0.25) is 0 Å². The highest BCUT2D eigenvalue weighted by Crippen LogP contribution is 2.48. The van der Waals surface area contributed by atoms with E-state index >= 15 is 0 Å². The maximum atomic E-state index is 5.70. The van der Waals surface area contributed by atoms with Crippen LogP contribution in [0.4, 0.5) is 0 Å². The van der Waals surface area contributed by atoms with Gasteiger partial charge in [0.2, 0.25) is 0 Å². The normalized spacial score (nSPS) is 35.2. The van der Waals surface area contributed by atoms with E-state index in [4.69, 9.17) is 9.47 Å². The third kappa shape index (κ3) is 2.98. The van der Waals surface area contributed by atoms with E-state index in [-0.39, 0.29) is 5.60 Å². The molecule has 1 heterocycles. The minimum Gasteiger partial charge on any atom is -0.378 e. The van der Waals surface area contributed by atoms with Crippen LogP contribution in [-0.2, 0) is 9.47 Å². The first-order chi connectivity index (χ1) is 9.26. The van der Waals surface area contributed by atoms with Gasteiger partial charge in [0.05, 0.1) is 6.61 Å². The molecule has 110 valence electrons. The summed E-state index contributed by atoms with van der Waals surface area (Å²) in [6.45, 7) is 2.57. The molecule has 2 aliphatic carbocycles. The molecule has 0 bridgehead atoms. The molecule has 1 aliphatic heterocycles. The molecule has 1 spiro atoms. The van der Waals surface area contributed by atoms with Gasteiger partial charge in [0.25, 0.3) is 0 Å². The first-order valence-electron chi connectivity index (χ1n) is 8.12. The zero-order valence-corrected chi connectivity index (χ0v) is 12.4. The monoisotopic (exact) mass is 267 g/mol. The number of ether oxygens (including phenoxy) is 2. The van der Waals surface area contributed by atoms with E-state index in [1.54, 1.807) is 0 Å². The Bertz CT molecular complexity index is 283. The fraction of sp³-hybridized carbons (Fsp3) is 1.00. The molecule has 3 heteroatoms. The predicted octanol–water partition coefficient (Wildman–Crippen LogP) is 2.88. The molecular weight excluding hydrogens is 238 g/mol. The summed E-state index contributed by atoms with van der Waals surface area (Å²) in [5, 5.41) is 3.76. The van der Waals surface area contributed by atoms with Gasteiger partial charge in [0.1, 0.15) is 5.60 Å². The number of rotatable bonds is 4. The second-order valence-corrected chi connectivity index (χ2v) is 7.05. The topological polar surface area (TPSA) is 30.5 Å². The molecule has 0 aromatic carbocycles. The lowest BCUT2D eigenvalue weighted by molar-refractivity contribution is -0.0191. The van der Waals surface area contributed by atoms with Crippen LogP contribution in [0, 0.1) is 5.41 Å².